The van der Waals surface area contributed by atoms with Crippen molar-refractivity contribution in [2.75, 3.05) is 0 Å². The summed E-state index contributed by atoms with van der Waals surface area (Å²) in [6.45, 7) is 0. The molecule has 0 aromatic heterocycles. The molecule has 17 heavy (non-hydrogen) atoms. The summed E-state index contributed by atoms with van der Waals surface area (Å²) in [5.74, 6) is -0.455. The zero-order valence-corrected chi connectivity index (χ0v) is 11.0. The van der Waals surface area contributed by atoms with Crippen molar-refractivity contribution in [3.8, 4) is 0 Å². The Morgan fingerprint density at radius 2 is 1.71 bits per heavy atom. The molecule has 0 radical (unpaired) electrons. The van der Waals surface area contributed by atoms with Gasteiger partial charge in [-0.3, -0.25) is 0 Å². The maximum atomic E-state index is 13.2. The van der Waals surface area contributed by atoms with Gasteiger partial charge in [0.15, 0.2) is 0 Å². The number of halogens is 3. The molecule has 0 aliphatic carbocycles. The third kappa shape index (κ3) is 3.06. The van der Waals surface area contributed by atoms with Crippen LogP contribution in [-0.2, 0) is 0 Å². The van der Waals surface area contributed by atoms with Crippen LogP contribution in [0.2, 0.25) is 5.02 Å². The number of aliphatic hydroxyl groups excluding tert-OH is 1. The number of hydrogen-bond donors (Lipinski definition) is 1. The first-order chi connectivity index (χ1) is 8.06. The molecule has 0 spiro atoms. The number of benzene rings is 2. The van der Waals surface area contributed by atoms with E-state index in [2.05, 4.69) is 15.9 Å². The van der Waals surface area contributed by atoms with Crippen LogP contribution in [0.1, 0.15) is 17.2 Å². The molecule has 4 heteroatoms. The summed E-state index contributed by atoms with van der Waals surface area (Å²) < 4.78 is 14.1. The molecule has 2 aromatic rings. The Bertz CT molecular complexity index is 507. The second-order valence-corrected chi connectivity index (χ2v) is 5.01. The Morgan fingerprint density at radius 1 is 1.06 bits per heavy atom. The van der Waals surface area contributed by atoms with Crippen LogP contribution < -0.4 is 0 Å². The molecule has 0 saturated heterocycles. The second-order valence-electron chi connectivity index (χ2n) is 3.66. The van der Waals surface area contributed by atoms with E-state index in [0.29, 0.717) is 11.1 Å². The molecule has 1 atom stereocenters. The molecule has 0 aliphatic rings. The van der Waals surface area contributed by atoms with E-state index in [1.165, 1.54) is 12.1 Å². The molecule has 2 aromatic carbocycles. The molecule has 0 heterocycles. The fourth-order valence-corrected chi connectivity index (χ4v) is 2.07. The molecule has 0 bridgehead atoms. The molecule has 2 rings (SSSR count). The average Bonchev–Trinajstić information content (AvgIpc) is 2.28. The predicted octanol–water partition coefficient (Wildman–Crippen LogP) is 4.32. The third-order valence-electron chi connectivity index (χ3n) is 2.39. The minimum atomic E-state index is -0.878. The quantitative estimate of drug-likeness (QED) is 0.875. The lowest BCUT2D eigenvalue weighted by molar-refractivity contribution is 0.220. The van der Waals surface area contributed by atoms with Crippen molar-refractivity contribution in [2.45, 2.75) is 6.10 Å². The summed E-state index contributed by atoms with van der Waals surface area (Å²) in [7, 11) is 0. The van der Waals surface area contributed by atoms with Gasteiger partial charge in [0.05, 0.1) is 0 Å². The van der Waals surface area contributed by atoms with E-state index >= 15 is 0 Å². The maximum absolute atomic E-state index is 13.2. The van der Waals surface area contributed by atoms with Crippen LogP contribution in [0, 0.1) is 5.82 Å². The van der Waals surface area contributed by atoms with Gasteiger partial charge in [0, 0.05) is 9.50 Å². The van der Waals surface area contributed by atoms with Gasteiger partial charge in [-0.15, -0.1) is 0 Å². The van der Waals surface area contributed by atoms with Crippen molar-refractivity contribution in [3.63, 3.8) is 0 Å². The molecule has 88 valence electrons. The maximum Gasteiger partial charge on any atom is 0.125 e. The Balaban J connectivity index is 2.36. The summed E-state index contributed by atoms with van der Waals surface area (Å²) in [5, 5.41) is 10.4. The highest BCUT2D eigenvalue weighted by Gasteiger charge is 2.12. The largest absolute Gasteiger partial charge is 0.384 e. The Morgan fingerprint density at radius 3 is 2.29 bits per heavy atom. The Labute approximate surface area is 112 Å². The zero-order valence-electron chi connectivity index (χ0n) is 8.70. The van der Waals surface area contributed by atoms with Gasteiger partial charge in [-0.2, -0.15) is 0 Å². The minimum absolute atomic E-state index is 0.274. The van der Waals surface area contributed by atoms with Gasteiger partial charge in [0.2, 0.25) is 0 Å². The van der Waals surface area contributed by atoms with Crippen molar-refractivity contribution in [2.24, 2.45) is 0 Å². The molecule has 0 aliphatic heterocycles. The topological polar surface area (TPSA) is 20.2 Å². The van der Waals surface area contributed by atoms with Gasteiger partial charge >= 0.3 is 0 Å². The second kappa shape index (κ2) is 5.17. The zero-order chi connectivity index (χ0) is 12.4. The first-order valence-electron chi connectivity index (χ1n) is 4.96. The molecular weight excluding hydrogens is 306 g/mol. The number of hydrogen-bond acceptors (Lipinski definition) is 1. The molecule has 0 fully saturated rings. The highest BCUT2D eigenvalue weighted by molar-refractivity contribution is 9.10. The summed E-state index contributed by atoms with van der Waals surface area (Å²) in [6, 6.07) is 11.2. The first kappa shape index (κ1) is 12.6. The van der Waals surface area contributed by atoms with Gasteiger partial charge in [0.1, 0.15) is 11.9 Å². The predicted molar refractivity (Wildman–Crippen MR) is 69.6 cm³/mol. The van der Waals surface area contributed by atoms with Crippen LogP contribution >= 0.6 is 27.5 Å². The van der Waals surface area contributed by atoms with Crippen LogP contribution in [0.25, 0.3) is 0 Å². The van der Waals surface area contributed by atoms with Crippen LogP contribution in [0.3, 0.4) is 0 Å². The van der Waals surface area contributed by atoms with E-state index in [1.807, 2.05) is 12.1 Å². The Hall–Kier alpha value is -0.900. The van der Waals surface area contributed by atoms with E-state index in [0.717, 1.165) is 4.47 Å². The highest BCUT2D eigenvalue weighted by Crippen LogP contribution is 2.26. The standard InChI is InChI=1S/C13H9BrClFO/c14-10-3-1-8(2-4-10)13(17)9-5-11(15)7-12(16)6-9/h1-7,13,17H. The van der Waals surface area contributed by atoms with Gasteiger partial charge in [-0.05, 0) is 41.5 Å². The van der Waals surface area contributed by atoms with Crippen LogP contribution in [0.5, 0.6) is 0 Å². The minimum Gasteiger partial charge on any atom is -0.384 e. The van der Waals surface area contributed by atoms with Crippen LogP contribution in [-0.4, -0.2) is 5.11 Å². The fraction of sp³-hybridized carbons (Fsp3) is 0.0769. The summed E-state index contributed by atoms with van der Waals surface area (Å²) >= 11 is 9.06. The van der Waals surface area contributed by atoms with E-state index in [4.69, 9.17) is 11.6 Å². The number of aliphatic hydroxyl groups is 1. The lowest BCUT2D eigenvalue weighted by Crippen LogP contribution is -2.00. The van der Waals surface area contributed by atoms with Gasteiger partial charge in [-0.25, -0.2) is 4.39 Å². The first-order valence-corrected chi connectivity index (χ1v) is 6.13. The SMILES string of the molecule is OC(c1ccc(Br)cc1)c1cc(F)cc(Cl)c1. The van der Waals surface area contributed by atoms with Gasteiger partial charge < -0.3 is 5.11 Å². The molecular formula is C13H9BrClFO. The van der Waals surface area contributed by atoms with Gasteiger partial charge in [-0.1, -0.05) is 39.7 Å². The van der Waals surface area contributed by atoms with E-state index in [9.17, 15) is 9.50 Å². The van der Waals surface area contributed by atoms with Crippen molar-refractivity contribution >= 4 is 27.5 Å². The van der Waals surface area contributed by atoms with Crippen molar-refractivity contribution in [3.05, 3.63) is 68.9 Å². The van der Waals surface area contributed by atoms with Gasteiger partial charge in [0.25, 0.3) is 0 Å². The monoisotopic (exact) mass is 314 g/mol. The Kier molecular flexibility index (Phi) is 3.82. The lowest BCUT2D eigenvalue weighted by Gasteiger charge is -2.12. The summed E-state index contributed by atoms with van der Waals surface area (Å²) in [6.07, 6.45) is -0.878. The molecule has 1 nitrogen and oxygen atoms in total. The van der Waals surface area contributed by atoms with Crippen molar-refractivity contribution in [1.29, 1.82) is 0 Å². The third-order valence-corrected chi connectivity index (χ3v) is 3.13. The van der Waals surface area contributed by atoms with E-state index < -0.39 is 11.9 Å². The average molecular weight is 316 g/mol. The van der Waals surface area contributed by atoms with Crippen molar-refractivity contribution < 1.29 is 9.50 Å². The summed E-state index contributed by atoms with van der Waals surface area (Å²) in [5.41, 5.74) is 1.13. The molecule has 0 saturated carbocycles. The molecule has 0 amide bonds. The van der Waals surface area contributed by atoms with Crippen LogP contribution in [0.15, 0.2) is 46.9 Å². The van der Waals surface area contributed by atoms with E-state index in [-0.39, 0.29) is 5.02 Å². The lowest BCUT2D eigenvalue weighted by atomic mass is 10.0. The number of rotatable bonds is 2. The van der Waals surface area contributed by atoms with Crippen LogP contribution in [0.4, 0.5) is 4.39 Å². The van der Waals surface area contributed by atoms with E-state index in [1.54, 1.807) is 18.2 Å². The van der Waals surface area contributed by atoms with Crippen molar-refractivity contribution in [1.82, 2.24) is 0 Å². The highest BCUT2D eigenvalue weighted by atomic mass is 79.9. The fourth-order valence-electron chi connectivity index (χ4n) is 1.57. The summed E-state index contributed by atoms with van der Waals surface area (Å²) in [4.78, 5) is 0. The normalized spacial score (nSPS) is 12.5. The smallest absolute Gasteiger partial charge is 0.125 e. The molecule has 1 N–H and O–H groups in total. The molecule has 1 unspecified atom stereocenters.